The highest BCUT2D eigenvalue weighted by Crippen LogP contribution is 2.32. The first-order valence-electron chi connectivity index (χ1n) is 7.04. The van der Waals surface area contributed by atoms with E-state index in [1.807, 2.05) is 0 Å². The number of ketones is 1. The zero-order valence-electron chi connectivity index (χ0n) is 12.9. The average Bonchev–Trinajstić information content (AvgIpc) is 2.63. The number of rotatable bonds is 3. The standard InChI is InChI=1S/C17H11Cl2NO4S/c1-24-10-6-8-11(9-7-10)25(22,23)20-16-12-4-2-3-5-13(12)17(21)15(19)14(16)18/h2-9H,1H3. The van der Waals surface area contributed by atoms with E-state index in [1.165, 1.54) is 31.4 Å². The molecule has 0 atom stereocenters. The molecule has 0 fully saturated rings. The van der Waals surface area contributed by atoms with Crippen molar-refractivity contribution in [3.8, 4) is 5.75 Å². The average molecular weight is 396 g/mol. The normalized spacial score (nSPS) is 16.1. The van der Waals surface area contributed by atoms with E-state index in [1.54, 1.807) is 24.3 Å². The van der Waals surface area contributed by atoms with Crippen LogP contribution >= 0.6 is 23.2 Å². The highest BCUT2D eigenvalue weighted by atomic mass is 35.5. The van der Waals surface area contributed by atoms with E-state index in [0.29, 0.717) is 11.3 Å². The number of fused-ring (bicyclic) bond motifs is 1. The van der Waals surface area contributed by atoms with E-state index in [2.05, 4.69) is 4.40 Å². The van der Waals surface area contributed by atoms with Crippen LogP contribution in [0.15, 0.2) is 67.9 Å². The number of benzene rings is 2. The number of Topliss-reactive ketones (excluding diaryl/α,β-unsaturated/α-hetero) is 1. The number of carbonyl (C=O) groups excluding carboxylic acids is 1. The van der Waals surface area contributed by atoms with Crippen LogP contribution in [-0.2, 0) is 10.0 Å². The minimum absolute atomic E-state index is 0.0317. The second kappa shape index (κ2) is 6.63. The lowest BCUT2D eigenvalue weighted by Gasteiger charge is -2.17. The van der Waals surface area contributed by atoms with Crippen LogP contribution in [0.25, 0.3) is 0 Å². The minimum atomic E-state index is -4.06. The molecule has 5 nitrogen and oxygen atoms in total. The Bertz CT molecular complexity index is 1020. The minimum Gasteiger partial charge on any atom is -0.497 e. The Hall–Kier alpha value is -2.15. The molecule has 0 aliphatic heterocycles. The van der Waals surface area contributed by atoms with E-state index >= 15 is 0 Å². The van der Waals surface area contributed by atoms with Crippen molar-refractivity contribution in [3.05, 3.63) is 69.7 Å². The van der Waals surface area contributed by atoms with E-state index < -0.39 is 15.8 Å². The number of hydrogen-bond acceptors (Lipinski definition) is 4. The van der Waals surface area contributed by atoms with Crippen molar-refractivity contribution in [2.75, 3.05) is 7.11 Å². The molecule has 0 saturated heterocycles. The van der Waals surface area contributed by atoms with Crippen molar-refractivity contribution < 1.29 is 17.9 Å². The first-order chi connectivity index (χ1) is 11.8. The van der Waals surface area contributed by atoms with E-state index in [0.717, 1.165) is 0 Å². The van der Waals surface area contributed by atoms with Crippen LogP contribution in [0.5, 0.6) is 5.75 Å². The third kappa shape index (κ3) is 3.20. The quantitative estimate of drug-likeness (QED) is 0.792. The van der Waals surface area contributed by atoms with E-state index in [4.69, 9.17) is 27.9 Å². The number of nitrogens with zero attached hydrogens (tertiary/aromatic N) is 1. The topological polar surface area (TPSA) is 72.8 Å². The summed E-state index contributed by atoms with van der Waals surface area (Å²) in [6.45, 7) is 0. The second-order valence-corrected chi connectivity index (χ2v) is 7.45. The van der Waals surface area contributed by atoms with Gasteiger partial charge in [-0.15, -0.1) is 0 Å². The molecule has 0 unspecified atom stereocenters. The van der Waals surface area contributed by atoms with Gasteiger partial charge in [0.05, 0.1) is 17.0 Å². The lowest BCUT2D eigenvalue weighted by Crippen LogP contribution is -2.19. The molecule has 0 bridgehead atoms. The summed E-state index contributed by atoms with van der Waals surface area (Å²) in [6.07, 6.45) is 0. The summed E-state index contributed by atoms with van der Waals surface area (Å²) in [5.41, 5.74) is 0.511. The van der Waals surface area contributed by atoms with Crippen LogP contribution in [0.3, 0.4) is 0 Å². The Morgan fingerprint density at radius 1 is 0.920 bits per heavy atom. The van der Waals surface area contributed by atoms with Gasteiger partial charge in [0.1, 0.15) is 16.5 Å². The van der Waals surface area contributed by atoms with Crippen molar-refractivity contribution in [1.29, 1.82) is 0 Å². The monoisotopic (exact) mass is 395 g/mol. The molecule has 0 aromatic heterocycles. The molecule has 0 amide bonds. The van der Waals surface area contributed by atoms with Gasteiger partial charge in [0.25, 0.3) is 10.0 Å². The van der Waals surface area contributed by atoms with Gasteiger partial charge in [-0.05, 0) is 24.3 Å². The first kappa shape index (κ1) is 17.7. The smallest absolute Gasteiger partial charge is 0.282 e. The molecule has 1 aliphatic rings. The van der Waals surface area contributed by atoms with Crippen LogP contribution in [-0.4, -0.2) is 27.0 Å². The Kier molecular flexibility index (Phi) is 4.69. The fourth-order valence-corrected chi connectivity index (χ4v) is 3.82. The van der Waals surface area contributed by atoms with Gasteiger partial charge in [0.2, 0.25) is 5.78 Å². The summed E-state index contributed by atoms with van der Waals surface area (Å²) in [5, 5.41) is -0.452. The third-order valence-corrected chi connectivity index (χ3v) is 5.71. The molecule has 128 valence electrons. The predicted octanol–water partition coefficient (Wildman–Crippen LogP) is 3.76. The van der Waals surface area contributed by atoms with Crippen LogP contribution in [0.2, 0.25) is 0 Å². The first-order valence-corrected chi connectivity index (χ1v) is 9.23. The zero-order valence-corrected chi connectivity index (χ0v) is 15.2. The van der Waals surface area contributed by atoms with Gasteiger partial charge in [-0.25, -0.2) is 0 Å². The van der Waals surface area contributed by atoms with Crippen molar-refractivity contribution in [3.63, 3.8) is 0 Å². The highest BCUT2D eigenvalue weighted by molar-refractivity contribution is 7.90. The molecule has 8 heteroatoms. The zero-order chi connectivity index (χ0) is 18.2. The Labute approximate surface area is 154 Å². The Morgan fingerprint density at radius 3 is 2.12 bits per heavy atom. The van der Waals surface area contributed by atoms with Gasteiger partial charge in [-0.1, -0.05) is 47.5 Å². The molecule has 0 heterocycles. The van der Waals surface area contributed by atoms with Crippen LogP contribution < -0.4 is 4.74 Å². The fourth-order valence-electron chi connectivity index (χ4n) is 2.34. The Balaban J connectivity index is 2.17. The number of sulfonamides is 1. The van der Waals surface area contributed by atoms with Gasteiger partial charge in [-0.3, -0.25) is 4.79 Å². The maximum atomic E-state index is 12.6. The second-order valence-electron chi connectivity index (χ2n) is 5.09. The van der Waals surface area contributed by atoms with Gasteiger partial charge in [0.15, 0.2) is 0 Å². The van der Waals surface area contributed by atoms with E-state index in [9.17, 15) is 13.2 Å². The largest absolute Gasteiger partial charge is 0.497 e. The number of ether oxygens (including phenoxy) is 1. The van der Waals surface area contributed by atoms with Crippen molar-refractivity contribution in [2.45, 2.75) is 4.90 Å². The van der Waals surface area contributed by atoms with Crippen LogP contribution in [0.4, 0.5) is 0 Å². The molecule has 25 heavy (non-hydrogen) atoms. The number of hydrogen-bond donors (Lipinski definition) is 0. The molecular formula is C17H11Cl2NO4S. The van der Waals surface area contributed by atoms with Crippen LogP contribution in [0.1, 0.15) is 15.9 Å². The summed E-state index contributed by atoms with van der Waals surface area (Å²) < 4.78 is 34.0. The van der Waals surface area contributed by atoms with Crippen molar-refractivity contribution in [1.82, 2.24) is 0 Å². The van der Waals surface area contributed by atoms with Gasteiger partial charge in [-0.2, -0.15) is 12.8 Å². The number of methoxy groups -OCH3 is 1. The molecule has 1 aliphatic carbocycles. The van der Waals surface area contributed by atoms with Crippen LogP contribution in [0, 0.1) is 0 Å². The summed E-state index contributed by atoms with van der Waals surface area (Å²) >= 11 is 12.1. The SMILES string of the molecule is COc1ccc(S(=O)(=O)N=C2C(Cl)=C(Cl)C(=O)c3ccccc32)cc1. The molecule has 0 radical (unpaired) electrons. The molecule has 3 rings (SSSR count). The maximum Gasteiger partial charge on any atom is 0.282 e. The molecule has 0 N–H and O–H groups in total. The molecule has 0 spiro atoms. The number of halogens is 2. The summed E-state index contributed by atoms with van der Waals surface area (Å²) in [5.74, 6) is 0.0456. The lowest BCUT2D eigenvalue weighted by atomic mass is 9.94. The third-order valence-electron chi connectivity index (χ3n) is 3.60. The number of carbonyl (C=O) groups is 1. The van der Waals surface area contributed by atoms with Gasteiger partial charge < -0.3 is 4.74 Å². The van der Waals surface area contributed by atoms with Gasteiger partial charge >= 0.3 is 0 Å². The lowest BCUT2D eigenvalue weighted by molar-refractivity contribution is 0.104. The molecule has 2 aromatic rings. The molecule has 2 aromatic carbocycles. The Morgan fingerprint density at radius 2 is 1.52 bits per heavy atom. The molecule has 0 saturated carbocycles. The predicted molar refractivity (Wildman–Crippen MR) is 96.2 cm³/mol. The maximum absolute atomic E-state index is 12.6. The van der Waals surface area contributed by atoms with E-state index in [-0.39, 0.29) is 26.2 Å². The fraction of sp³-hybridized carbons (Fsp3) is 0.0588. The van der Waals surface area contributed by atoms with Crippen molar-refractivity contribution >= 4 is 44.7 Å². The molecular weight excluding hydrogens is 385 g/mol. The summed E-state index contributed by atoms with van der Waals surface area (Å²) in [4.78, 5) is 12.2. The number of allylic oxidation sites excluding steroid dienone is 2. The van der Waals surface area contributed by atoms with Crippen molar-refractivity contribution in [2.24, 2.45) is 4.40 Å². The highest BCUT2D eigenvalue weighted by Gasteiger charge is 2.30. The summed E-state index contributed by atoms with van der Waals surface area (Å²) in [6, 6.07) is 12.2. The summed E-state index contributed by atoms with van der Waals surface area (Å²) in [7, 11) is -2.58. The van der Waals surface area contributed by atoms with Gasteiger partial charge in [0, 0.05) is 11.1 Å².